The molecular weight excluding hydrogens is 347 g/mol. The molecule has 0 aliphatic heterocycles. The Morgan fingerprint density at radius 1 is 1.31 bits per heavy atom. The fourth-order valence-corrected chi connectivity index (χ4v) is 2.57. The summed E-state index contributed by atoms with van der Waals surface area (Å²) in [5, 5.41) is 6.63. The van der Waals surface area contributed by atoms with Crippen molar-refractivity contribution in [2.45, 2.75) is 19.1 Å². The molecule has 26 heavy (non-hydrogen) atoms. The third-order valence-electron chi connectivity index (χ3n) is 3.71. The molecule has 6 nitrogen and oxygen atoms in total. The van der Waals surface area contributed by atoms with E-state index >= 15 is 0 Å². The van der Waals surface area contributed by atoms with Crippen LogP contribution in [0, 0.1) is 0 Å². The van der Waals surface area contributed by atoms with E-state index in [4.69, 9.17) is 0 Å². The van der Waals surface area contributed by atoms with E-state index in [-0.39, 0.29) is 18.0 Å². The van der Waals surface area contributed by atoms with Gasteiger partial charge >= 0.3 is 6.18 Å². The van der Waals surface area contributed by atoms with Crippen LogP contribution in [0.4, 0.5) is 13.2 Å². The lowest BCUT2D eigenvalue weighted by Gasteiger charge is -2.09. The zero-order chi connectivity index (χ0) is 18.7. The summed E-state index contributed by atoms with van der Waals surface area (Å²) in [6.45, 7) is 0.0710. The van der Waals surface area contributed by atoms with Gasteiger partial charge in [-0.2, -0.15) is 18.3 Å². The number of aromatic nitrogens is 4. The maximum atomic E-state index is 12.6. The van der Waals surface area contributed by atoms with Gasteiger partial charge in [0.15, 0.2) is 0 Å². The maximum Gasteiger partial charge on any atom is 0.393 e. The van der Waals surface area contributed by atoms with Crippen molar-refractivity contribution in [1.29, 1.82) is 0 Å². The van der Waals surface area contributed by atoms with E-state index in [1.165, 1.54) is 23.9 Å². The van der Waals surface area contributed by atoms with Crippen molar-refractivity contribution in [3.63, 3.8) is 0 Å². The number of halogens is 3. The molecule has 136 valence electrons. The summed E-state index contributed by atoms with van der Waals surface area (Å²) in [5.74, 6) is 0.305. The highest BCUT2D eigenvalue weighted by Gasteiger charge is 2.27. The van der Waals surface area contributed by atoms with Crippen molar-refractivity contribution in [2.24, 2.45) is 0 Å². The Kier molecular flexibility index (Phi) is 4.79. The van der Waals surface area contributed by atoms with Crippen LogP contribution in [0.2, 0.25) is 0 Å². The number of likely N-dealkylation sites (N-methyl/N-ethyl adjacent to an activating group) is 1. The Bertz CT molecular complexity index is 913. The van der Waals surface area contributed by atoms with E-state index < -0.39 is 12.6 Å². The van der Waals surface area contributed by atoms with Crippen molar-refractivity contribution in [2.75, 3.05) is 7.05 Å². The molecule has 3 rings (SSSR count). The van der Waals surface area contributed by atoms with Gasteiger partial charge in [0, 0.05) is 31.2 Å². The van der Waals surface area contributed by atoms with Gasteiger partial charge in [-0.3, -0.25) is 14.0 Å². The average Bonchev–Trinajstić information content (AvgIpc) is 3.22. The average molecular weight is 363 g/mol. The van der Waals surface area contributed by atoms with Crippen LogP contribution in [0.3, 0.4) is 0 Å². The molecule has 0 aliphatic carbocycles. The Hall–Kier alpha value is -3.10. The predicted octanol–water partition coefficient (Wildman–Crippen LogP) is 2.59. The molecule has 0 fully saturated rings. The highest BCUT2D eigenvalue weighted by Crippen LogP contribution is 2.26. The number of nitrogens with one attached hydrogen (secondary N) is 1. The molecule has 3 aromatic rings. The first-order valence-electron chi connectivity index (χ1n) is 7.78. The molecule has 9 heteroatoms. The van der Waals surface area contributed by atoms with Crippen LogP contribution < -0.4 is 5.32 Å². The van der Waals surface area contributed by atoms with Crippen molar-refractivity contribution >= 4 is 5.91 Å². The van der Waals surface area contributed by atoms with Gasteiger partial charge in [0.05, 0.1) is 18.3 Å². The van der Waals surface area contributed by atoms with Gasteiger partial charge < -0.3 is 5.32 Å². The number of hydrogen-bond acceptors (Lipinski definition) is 3. The van der Waals surface area contributed by atoms with Crippen molar-refractivity contribution in [3.8, 4) is 17.1 Å². The minimum absolute atomic E-state index is 0.0710. The molecule has 0 saturated heterocycles. The number of carbonyl (C=O) groups excluding carboxylic acids is 1. The van der Waals surface area contributed by atoms with Crippen LogP contribution in [-0.2, 0) is 17.8 Å². The first kappa shape index (κ1) is 17.7. The smallest absolute Gasteiger partial charge is 0.358 e. The zero-order valence-electron chi connectivity index (χ0n) is 13.9. The van der Waals surface area contributed by atoms with E-state index in [1.807, 2.05) is 0 Å². The van der Waals surface area contributed by atoms with Crippen LogP contribution >= 0.6 is 0 Å². The number of alkyl halides is 3. The molecule has 0 saturated carbocycles. The summed E-state index contributed by atoms with van der Waals surface area (Å²) in [7, 11) is 1.54. The second kappa shape index (κ2) is 7.03. The number of amides is 1. The van der Waals surface area contributed by atoms with Gasteiger partial charge in [-0.25, -0.2) is 4.98 Å². The zero-order valence-corrected chi connectivity index (χ0v) is 13.9. The number of rotatable bonds is 5. The van der Waals surface area contributed by atoms with Crippen LogP contribution in [0.15, 0.2) is 49.1 Å². The van der Waals surface area contributed by atoms with Crippen LogP contribution in [0.5, 0.6) is 0 Å². The molecule has 2 heterocycles. The minimum Gasteiger partial charge on any atom is -0.358 e. The Morgan fingerprint density at radius 2 is 2.12 bits per heavy atom. The molecule has 1 aromatic carbocycles. The number of imidazole rings is 1. The van der Waals surface area contributed by atoms with Crippen LogP contribution in [-0.4, -0.2) is 38.5 Å². The Morgan fingerprint density at radius 3 is 2.85 bits per heavy atom. The minimum atomic E-state index is -4.27. The predicted molar refractivity (Wildman–Crippen MR) is 88.6 cm³/mol. The first-order valence-corrected chi connectivity index (χ1v) is 7.78. The van der Waals surface area contributed by atoms with Gasteiger partial charge in [0.2, 0.25) is 5.91 Å². The molecule has 0 atom stereocenters. The summed E-state index contributed by atoms with van der Waals surface area (Å²) in [6.07, 6.45) is 1.21. The van der Waals surface area contributed by atoms with Crippen molar-refractivity contribution in [3.05, 3.63) is 54.6 Å². The van der Waals surface area contributed by atoms with Crippen LogP contribution in [0.1, 0.15) is 5.56 Å². The quantitative estimate of drug-likeness (QED) is 0.758. The van der Waals surface area contributed by atoms with Gasteiger partial charge in [-0.05, 0) is 11.6 Å². The molecule has 0 bridgehead atoms. The van der Waals surface area contributed by atoms with E-state index in [0.29, 0.717) is 17.1 Å². The fourth-order valence-electron chi connectivity index (χ4n) is 2.57. The third-order valence-corrected chi connectivity index (χ3v) is 3.71. The fraction of sp³-hybridized carbons (Fsp3) is 0.235. The number of hydrogen-bond donors (Lipinski definition) is 1. The summed E-state index contributed by atoms with van der Waals surface area (Å²) in [4.78, 5) is 15.7. The Labute approximate surface area is 147 Å². The van der Waals surface area contributed by atoms with Gasteiger partial charge in [0.1, 0.15) is 12.4 Å². The van der Waals surface area contributed by atoms with E-state index in [9.17, 15) is 18.0 Å². The number of nitrogens with zero attached hydrogens (tertiary/aromatic N) is 4. The largest absolute Gasteiger partial charge is 0.393 e. The summed E-state index contributed by atoms with van der Waals surface area (Å²) < 4.78 is 41.1. The lowest BCUT2D eigenvalue weighted by molar-refractivity contribution is -0.127. The molecule has 0 unspecified atom stereocenters. The highest BCUT2D eigenvalue weighted by atomic mass is 19.4. The van der Waals surface area contributed by atoms with Crippen molar-refractivity contribution in [1.82, 2.24) is 24.6 Å². The topological polar surface area (TPSA) is 64.7 Å². The lowest BCUT2D eigenvalue weighted by atomic mass is 10.1. The molecular formula is C17H16F3N5O. The monoisotopic (exact) mass is 363 g/mol. The second-order valence-corrected chi connectivity index (χ2v) is 5.68. The van der Waals surface area contributed by atoms with Gasteiger partial charge in [-0.1, -0.05) is 18.2 Å². The van der Waals surface area contributed by atoms with E-state index in [2.05, 4.69) is 15.4 Å². The summed E-state index contributed by atoms with van der Waals surface area (Å²) in [5.41, 5.74) is 1.39. The van der Waals surface area contributed by atoms with Crippen LogP contribution in [0.25, 0.3) is 17.1 Å². The van der Waals surface area contributed by atoms with Crippen molar-refractivity contribution < 1.29 is 18.0 Å². The SMILES string of the molecule is CNC(=O)Cn1cc(-n2ccnc2-c2cccc(CC(F)(F)F)c2)cn1. The normalized spacial score (nSPS) is 11.5. The molecule has 1 amide bonds. The molecule has 0 aliphatic rings. The molecule has 0 spiro atoms. The standard InChI is InChI=1S/C17H16F3N5O/c1-21-15(26)11-24-10-14(9-23-24)25-6-5-22-16(25)13-4-2-3-12(7-13)8-17(18,19)20/h2-7,9-10H,8,11H2,1H3,(H,21,26). The number of carbonyl (C=O) groups is 1. The number of benzene rings is 1. The maximum absolute atomic E-state index is 12.6. The highest BCUT2D eigenvalue weighted by molar-refractivity contribution is 5.75. The second-order valence-electron chi connectivity index (χ2n) is 5.68. The van der Waals surface area contributed by atoms with Gasteiger partial charge in [-0.15, -0.1) is 0 Å². The Balaban J connectivity index is 1.90. The molecule has 2 aromatic heterocycles. The molecule has 1 N–H and O–H groups in total. The summed E-state index contributed by atoms with van der Waals surface area (Å²) in [6, 6.07) is 6.19. The summed E-state index contributed by atoms with van der Waals surface area (Å²) >= 11 is 0. The molecule has 0 radical (unpaired) electrons. The third kappa shape index (κ3) is 4.11. The van der Waals surface area contributed by atoms with E-state index in [1.54, 1.807) is 41.5 Å². The van der Waals surface area contributed by atoms with Gasteiger partial charge in [0.25, 0.3) is 0 Å². The first-order chi connectivity index (χ1) is 12.4. The van der Waals surface area contributed by atoms with E-state index in [0.717, 1.165) is 0 Å². The lowest BCUT2D eigenvalue weighted by Crippen LogP contribution is -2.23.